The van der Waals surface area contributed by atoms with E-state index in [0.29, 0.717) is 6.04 Å². The number of rotatable bonds is 5. The van der Waals surface area contributed by atoms with Crippen molar-refractivity contribution in [2.24, 2.45) is 11.8 Å². The van der Waals surface area contributed by atoms with Crippen LogP contribution >= 0.6 is 0 Å². The topological polar surface area (TPSA) is 6.48 Å². The molecule has 1 saturated heterocycles. The van der Waals surface area contributed by atoms with E-state index in [2.05, 4.69) is 37.5 Å². The summed E-state index contributed by atoms with van der Waals surface area (Å²) in [5.74, 6) is 1.98. The second-order valence-electron chi connectivity index (χ2n) is 7.58. The van der Waals surface area contributed by atoms with Crippen molar-refractivity contribution in [2.75, 3.05) is 26.2 Å². The molecule has 2 aliphatic rings. The average molecular weight is 311 g/mol. The third kappa shape index (κ3) is 6.20. The van der Waals surface area contributed by atoms with Crippen molar-refractivity contribution in [3.05, 3.63) is 0 Å². The van der Waals surface area contributed by atoms with Crippen molar-refractivity contribution in [3.8, 4) is 0 Å². The summed E-state index contributed by atoms with van der Waals surface area (Å²) in [6.45, 7) is 18.7. The van der Waals surface area contributed by atoms with Gasteiger partial charge in [-0.3, -0.25) is 4.90 Å². The third-order valence-corrected chi connectivity index (χ3v) is 5.71. The van der Waals surface area contributed by atoms with Gasteiger partial charge < -0.3 is 4.90 Å². The fourth-order valence-electron chi connectivity index (χ4n) is 4.36. The smallest absolute Gasteiger partial charge is 0.0122 e. The van der Waals surface area contributed by atoms with Gasteiger partial charge in [0.05, 0.1) is 0 Å². The van der Waals surface area contributed by atoms with E-state index >= 15 is 0 Å². The summed E-state index contributed by atoms with van der Waals surface area (Å²) in [5, 5.41) is 0. The summed E-state index contributed by atoms with van der Waals surface area (Å²) in [6, 6.07) is 1.54. The van der Waals surface area contributed by atoms with Crippen LogP contribution < -0.4 is 0 Å². The molecular formula is C20H42N2. The third-order valence-electron chi connectivity index (χ3n) is 5.71. The fraction of sp³-hybridized carbons (Fsp3) is 1.00. The largest absolute Gasteiger partial charge is 0.303 e. The maximum atomic E-state index is 2.76. The summed E-state index contributed by atoms with van der Waals surface area (Å²) in [7, 11) is 0. The Morgan fingerprint density at radius 3 is 1.95 bits per heavy atom. The Morgan fingerprint density at radius 2 is 1.50 bits per heavy atom. The minimum Gasteiger partial charge on any atom is -0.303 e. The Morgan fingerprint density at radius 1 is 0.955 bits per heavy atom. The summed E-state index contributed by atoms with van der Waals surface area (Å²) in [4.78, 5) is 5.45. The van der Waals surface area contributed by atoms with Gasteiger partial charge in [-0.1, -0.05) is 40.5 Å². The predicted octanol–water partition coefficient (Wildman–Crippen LogP) is 5.03. The Kier molecular flexibility index (Phi) is 9.66. The molecule has 0 aromatic rings. The highest BCUT2D eigenvalue weighted by atomic mass is 15.2. The molecule has 0 aromatic carbocycles. The number of hydrogen-bond acceptors (Lipinski definition) is 2. The molecule has 0 atom stereocenters. The average Bonchev–Trinajstić information content (AvgIpc) is 2.53. The zero-order valence-electron chi connectivity index (χ0n) is 16.3. The van der Waals surface area contributed by atoms with Gasteiger partial charge in [0.1, 0.15) is 0 Å². The molecule has 0 unspecified atom stereocenters. The zero-order valence-corrected chi connectivity index (χ0v) is 16.3. The molecule has 132 valence electrons. The predicted molar refractivity (Wildman–Crippen MR) is 99.4 cm³/mol. The van der Waals surface area contributed by atoms with E-state index in [1.807, 2.05) is 13.8 Å². The Labute approximate surface area is 140 Å². The SMILES string of the molecule is CC.CCN(C(C)C)C1CCN(CC2CCC(C)CC2)CC1. The van der Waals surface area contributed by atoms with Crippen LogP contribution in [0.25, 0.3) is 0 Å². The van der Waals surface area contributed by atoms with Gasteiger partial charge in [0.25, 0.3) is 0 Å². The van der Waals surface area contributed by atoms with Crippen molar-refractivity contribution in [1.82, 2.24) is 9.80 Å². The van der Waals surface area contributed by atoms with Crippen molar-refractivity contribution in [1.29, 1.82) is 0 Å². The zero-order chi connectivity index (χ0) is 16.5. The first-order valence-electron chi connectivity index (χ1n) is 10.1. The van der Waals surface area contributed by atoms with E-state index in [9.17, 15) is 0 Å². The minimum absolute atomic E-state index is 0.705. The molecule has 0 radical (unpaired) electrons. The van der Waals surface area contributed by atoms with Crippen LogP contribution in [-0.4, -0.2) is 48.1 Å². The van der Waals surface area contributed by atoms with Crippen molar-refractivity contribution in [2.45, 2.75) is 92.2 Å². The standard InChI is InChI=1S/C18H36N2.C2H6/c1-5-20(15(2)3)18-10-12-19(13-11-18)14-17-8-6-16(4)7-9-17;1-2/h15-18H,5-14H2,1-4H3;1-2H3. The van der Waals surface area contributed by atoms with Gasteiger partial charge in [-0.05, 0) is 71.0 Å². The first-order chi connectivity index (χ1) is 10.6. The molecule has 0 amide bonds. The monoisotopic (exact) mass is 310 g/mol. The lowest BCUT2D eigenvalue weighted by molar-refractivity contribution is 0.0768. The highest BCUT2D eigenvalue weighted by molar-refractivity contribution is 4.83. The minimum atomic E-state index is 0.705. The second-order valence-corrected chi connectivity index (χ2v) is 7.58. The lowest BCUT2D eigenvalue weighted by atomic mass is 9.82. The number of likely N-dealkylation sites (tertiary alicyclic amines) is 1. The van der Waals surface area contributed by atoms with Gasteiger partial charge in [-0.15, -0.1) is 0 Å². The van der Waals surface area contributed by atoms with Crippen LogP contribution in [-0.2, 0) is 0 Å². The summed E-state index contributed by atoms with van der Waals surface area (Å²) in [6.07, 6.45) is 8.67. The van der Waals surface area contributed by atoms with E-state index in [4.69, 9.17) is 0 Å². The maximum absolute atomic E-state index is 2.76. The van der Waals surface area contributed by atoms with Crippen molar-refractivity contribution < 1.29 is 0 Å². The van der Waals surface area contributed by atoms with Crippen molar-refractivity contribution >= 4 is 0 Å². The summed E-state index contributed by atoms with van der Waals surface area (Å²) < 4.78 is 0. The quantitative estimate of drug-likeness (QED) is 0.702. The van der Waals surface area contributed by atoms with Crippen LogP contribution in [0.2, 0.25) is 0 Å². The van der Waals surface area contributed by atoms with Crippen LogP contribution in [0.15, 0.2) is 0 Å². The van der Waals surface area contributed by atoms with E-state index < -0.39 is 0 Å². The summed E-state index contributed by atoms with van der Waals surface area (Å²) in [5.41, 5.74) is 0. The van der Waals surface area contributed by atoms with Crippen LogP contribution in [0.1, 0.15) is 80.1 Å². The Bertz CT molecular complexity index is 261. The van der Waals surface area contributed by atoms with Gasteiger partial charge in [-0.2, -0.15) is 0 Å². The van der Waals surface area contributed by atoms with Crippen LogP contribution in [0.3, 0.4) is 0 Å². The molecule has 1 aliphatic carbocycles. The molecule has 2 fully saturated rings. The highest BCUT2D eigenvalue weighted by Crippen LogP contribution is 2.29. The summed E-state index contributed by atoms with van der Waals surface area (Å²) >= 11 is 0. The lowest BCUT2D eigenvalue weighted by Gasteiger charge is -2.41. The lowest BCUT2D eigenvalue weighted by Crippen LogP contribution is -2.48. The molecular weight excluding hydrogens is 268 g/mol. The molecule has 2 heteroatoms. The molecule has 2 nitrogen and oxygen atoms in total. The second kappa shape index (κ2) is 10.6. The van der Waals surface area contributed by atoms with Crippen molar-refractivity contribution in [3.63, 3.8) is 0 Å². The molecule has 1 saturated carbocycles. The molecule has 0 bridgehead atoms. The fourth-order valence-corrected chi connectivity index (χ4v) is 4.36. The number of nitrogens with zero attached hydrogens (tertiary/aromatic N) is 2. The maximum Gasteiger partial charge on any atom is 0.0122 e. The number of piperidine rings is 1. The highest BCUT2D eigenvalue weighted by Gasteiger charge is 2.27. The molecule has 0 spiro atoms. The van der Waals surface area contributed by atoms with E-state index in [-0.39, 0.29) is 0 Å². The van der Waals surface area contributed by atoms with Gasteiger partial charge >= 0.3 is 0 Å². The first-order valence-corrected chi connectivity index (χ1v) is 10.1. The molecule has 22 heavy (non-hydrogen) atoms. The van der Waals surface area contributed by atoms with Gasteiger partial charge in [0.15, 0.2) is 0 Å². The molecule has 1 aliphatic heterocycles. The molecule has 1 heterocycles. The number of hydrogen-bond donors (Lipinski definition) is 0. The van der Waals surface area contributed by atoms with Gasteiger partial charge in [0, 0.05) is 18.6 Å². The van der Waals surface area contributed by atoms with E-state index in [0.717, 1.165) is 17.9 Å². The van der Waals surface area contributed by atoms with E-state index in [1.54, 1.807) is 0 Å². The normalized spacial score (nSPS) is 27.8. The van der Waals surface area contributed by atoms with Crippen LogP contribution in [0.5, 0.6) is 0 Å². The Balaban J connectivity index is 0.00000116. The van der Waals surface area contributed by atoms with Crippen LogP contribution in [0, 0.1) is 11.8 Å². The van der Waals surface area contributed by atoms with E-state index in [1.165, 1.54) is 64.7 Å². The molecule has 2 rings (SSSR count). The first kappa shape index (κ1) is 20.0. The van der Waals surface area contributed by atoms with Gasteiger partial charge in [-0.25, -0.2) is 0 Å². The Hall–Kier alpha value is -0.0800. The van der Waals surface area contributed by atoms with Crippen LogP contribution in [0.4, 0.5) is 0 Å². The van der Waals surface area contributed by atoms with Gasteiger partial charge in [0.2, 0.25) is 0 Å². The molecule has 0 N–H and O–H groups in total. The molecule has 0 aromatic heterocycles.